The Labute approximate surface area is 148 Å². The summed E-state index contributed by atoms with van der Waals surface area (Å²) in [6.45, 7) is -0.0462. The van der Waals surface area contributed by atoms with Crippen LogP contribution in [0.5, 0.6) is 0 Å². The minimum Gasteiger partial charge on any atom is -0.469 e. The Bertz CT molecular complexity index is 837. The molecule has 0 aliphatic carbocycles. The van der Waals surface area contributed by atoms with Gasteiger partial charge in [0.05, 0.1) is 19.0 Å². The van der Waals surface area contributed by atoms with Gasteiger partial charge < -0.3 is 19.2 Å². The van der Waals surface area contributed by atoms with Gasteiger partial charge in [0.1, 0.15) is 0 Å². The molecule has 1 aromatic heterocycles. The van der Waals surface area contributed by atoms with Crippen molar-refractivity contribution in [1.29, 1.82) is 0 Å². The Hall–Kier alpha value is -3.10. The van der Waals surface area contributed by atoms with Crippen LogP contribution in [0, 0.1) is 0 Å². The van der Waals surface area contributed by atoms with Crippen molar-refractivity contribution in [2.45, 2.75) is 25.8 Å². The van der Waals surface area contributed by atoms with Gasteiger partial charge in [0, 0.05) is 19.5 Å². The molecule has 2 aromatic rings. The molecule has 1 heterocycles. The second-order valence-corrected chi connectivity index (χ2v) is 5.43. The summed E-state index contributed by atoms with van der Waals surface area (Å²) in [6, 6.07) is 6.88. The zero-order valence-electron chi connectivity index (χ0n) is 14.4. The number of para-hydroxylation sites is 2. The summed E-state index contributed by atoms with van der Waals surface area (Å²) < 4.78 is 15.7. The number of nitrogens with one attached hydrogen (secondary N) is 1. The fourth-order valence-electron chi connectivity index (χ4n) is 2.26. The van der Waals surface area contributed by atoms with E-state index >= 15 is 0 Å². The van der Waals surface area contributed by atoms with Crippen LogP contribution in [-0.4, -0.2) is 42.7 Å². The molecular formula is C17H20N2O7. The third-order valence-corrected chi connectivity index (χ3v) is 3.59. The second-order valence-electron chi connectivity index (χ2n) is 5.43. The molecule has 0 saturated carbocycles. The average molecular weight is 364 g/mol. The first kappa shape index (κ1) is 19.2. The van der Waals surface area contributed by atoms with Gasteiger partial charge in [-0.15, -0.1) is 0 Å². The molecule has 0 radical (unpaired) electrons. The molecule has 1 aromatic carbocycles. The SMILES string of the molecule is COC(=O)CCCNC(=O)COC(=O)CCn1c(=O)oc2ccccc21. The van der Waals surface area contributed by atoms with Gasteiger partial charge in [0.25, 0.3) is 5.91 Å². The van der Waals surface area contributed by atoms with Crippen molar-refractivity contribution in [2.75, 3.05) is 20.3 Å². The molecule has 26 heavy (non-hydrogen) atoms. The number of fused-ring (bicyclic) bond motifs is 1. The monoisotopic (exact) mass is 364 g/mol. The molecule has 140 valence electrons. The van der Waals surface area contributed by atoms with Crippen LogP contribution in [0.2, 0.25) is 0 Å². The van der Waals surface area contributed by atoms with Gasteiger partial charge in [-0.1, -0.05) is 12.1 Å². The summed E-state index contributed by atoms with van der Waals surface area (Å²) in [6.07, 6.45) is 0.561. The number of carbonyl (C=O) groups excluding carboxylic acids is 3. The number of nitrogens with zero attached hydrogens (tertiary/aromatic N) is 1. The van der Waals surface area contributed by atoms with Crippen molar-refractivity contribution in [1.82, 2.24) is 9.88 Å². The number of hydrogen-bond donors (Lipinski definition) is 1. The van der Waals surface area contributed by atoms with Crippen LogP contribution >= 0.6 is 0 Å². The number of rotatable bonds is 9. The van der Waals surface area contributed by atoms with Gasteiger partial charge in [0.2, 0.25) is 0 Å². The molecule has 0 aliphatic heterocycles. The predicted molar refractivity (Wildman–Crippen MR) is 90.3 cm³/mol. The topological polar surface area (TPSA) is 117 Å². The first-order valence-corrected chi connectivity index (χ1v) is 8.08. The van der Waals surface area contributed by atoms with Gasteiger partial charge in [0.15, 0.2) is 12.2 Å². The Morgan fingerprint density at radius 2 is 1.92 bits per heavy atom. The van der Waals surface area contributed by atoms with Crippen LogP contribution in [0.25, 0.3) is 11.1 Å². The number of carbonyl (C=O) groups is 3. The van der Waals surface area contributed by atoms with E-state index in [1.54, 1.807) is 24.3 Å². The molecule has 9 heteroatoms. The van der Waals surface area contributed by atoms with Crippen molar-refractivity contribution in [3.63, 3.8) is 0 Å². The molecule has 9 nitrogen and oxygen atoms in total. The number of ether oxygens (including phenoxy) is 2. The van der Waals surface area contributed by atoms with Gasteiger partial charge in [-0.05, 0) is 18.6 Å². The zero-order chi connectivity index (χ0) is 18.9. The molecule has 2 rings (SSSR count). The van der Waals surface area contributed by atoms with E-state index in [-0.39, 0.29) is 31.9 Å². The molecular weight excluding hydrogens is 344 g/mol. The van der Waals surface area contributed by atoms with E-state index in [0.29, 0.717) is 17.5 Å². The molecule has 0 saturated heterocycles. The minimum atomic E-state index is -0.605. The quantitative estimate of drug-likeness (QED) is 0.511. The van der Waals surface area contributed by atoms with Crippen LogP contribution in [0.15, 0.2) is 33.5 Å². The van der Waals surface area contributed by atoms with Crippen LogP contribution in [0.4, 0.5) is 0 Å². The highest BCUT2D eigenvalue weighted by atomic mass is 16.5. The lowest BCUT2D eigenvalue weighted by atomic mass is 10.3. The van der Waals surface area contributed by atoms with E-state index in [0.717, 1.165) is 0 Å². The molecule has 0 atom stereocenters. The first-order valence-electron chi connectivity index (χ1n) is 8.08. The van der Waals surface area contributed by atoms with Gasteiger partial charge in [-0.3, -0.25) is 19.0 Å². The Morgan fingerprint density at radius 1 is 1.15 bits per heavy atom. The zero-order valence-corrected chi connectivity index (χ0v) is 14.4. The highest BCUT2D eigenvalue weighted by Gasteiger charge is 2.12. The van der Waals surface area contributed by atoms with Crippen molar-refractivity contribution in [3.8, 4) is 0 Å². The maximum atomic E-state index is 11.8. The maximum Gasteiger partial charge on any atom is 0.419 e. The van der Waals surface area contributed by atoms with Crippen LogP contribution in [0.3, 0.4) is 0 Å². The molecule has 0 spiro atoms. The third kappa shape index (κ3) is 5.47. The summed E-state index contributed by atoms with van der Waals surface area (Å²) in [5, 5.41) is 2.53. The van der Waals surface area contributed by atoms with Crippen molar-refractivity contribution < 1.29 is 28.3 Å². The van der Waals surface area contributed by atoms with Gasteiger partial charge in [-0.2, -0.15) is 0 Å². The van der Waals surface area contributed by atoms with Gasteiger partial charge in [-0.25, -0.2) is 4.79 Å². The number of hydrogen-bond acceptors (Lipinski definition) is 7. The van der Waals surface area contributed by atoms with E-state index in [9.17, 15) is 19.2 Å². The number of methoxy groups -OCH3 is 1. The Morgan fingerprint density at radius 3 is 2.69 bits per heavy atom. The smallest absolute Gasteiger partial charge is 0.419 e. The van der Waals surface area contributed by atoms with Crippen molar-refractivity contribution >= 4 is 28.9 Å². The fourth-order valence-corrected chi connectivity index (χ4v) is 2.26. The number of amides is 1. The lowest BCUT2D eigenvalue weighted by Crippen LogP contribution is -2.30. The summed E-state index contributed by atoms with van der Waals surface area (Å²) in [5.74, 6) is -1.98. The summed E-state index contributed by atoms with van der Waals surface area (Å²) in [5.41, 5.74) is 1.03. The average Bonchev–Trinajstić information content (AvgIpc) is 2.96. The van der Waals surface area contributed by atoms with E-state index in [2.05, 4.69) is 10.1 Å². The lowest BCUT2D eigenvalue weighted by Gasteiger charge is -2.06. The second kappa shape index (κ2) is 9.40. The normalized spacial score (nSPS) is 10.5. The van der Waals surface area contributed by atoms with Crippen LogP contribution in [-0.2, 0) is 30.4 Å². The highest BCUT2D eigenvalue weighted by Crippen LogP contribution is 2.12. The number of esters is 2. The largest absolute Gasteiger partial charge is 0.469 e. The van der Waals surface area contributed by atoms with Crippen LogP contribution < -0.4 is 11.1 Å². The summed E-state index contributed by atoms with van der Waals surface area (Å²) in [4.78, 5) is 46.0. The number of benzene rings is 1. The van der Waals surface area contributed by atoms with E-state index < -0.39 is 24.2 Å². The first-order chi connectivity index (χ1) is 12.5. The summed E-state index contributed by atoms with van der Waals surface area (Å²) in [7, 11) is 1.29. The molecule has 1 amide bonds. The van der Waals surface area contributed by atoms with Crippen molar-refractivity contribution in [3.05, 3.63) is 34.8 Å². The predicted octanol–water partition coefficient (Wildman–Crippen LogP) is 0.597. The maximum absolute atomic E-state index is 11.8. The molecule has 0 fully saturated rings. The molecule has 0 aliphatic rings. The number of aromatic nitrogens is 1. The minimum absolute atomic E-state index is 0.0704. The van der Waals surface area contributed by atoms with Gasteiger partial charge >= 0.3 is 17.7 Å². The Kier molecular flexibility index (Phi) is 6.95. The third-order valence-electron chi connectivity index (χ3n) is 3.59. The molecule has 0 bridgehead atoms. The van der Waals surface area contributed by atoms with Crippen LogP contribution in [0.1, 0.15) is 19.3 Å². The number of oxazole rings is 1. The van der Waals surface area contributed by atoms with E-state index in [4.69, 9.17) is 9.15 Å². The van der Waals surface area contributed by atoms with E-state index in [1.807, 2.05) is 0 Å². The molecule has 1 N–H and O–H groups in total. The van der Waals surface area contributed by atoms with Crippen molar-refractivity contribution in [2.24, 2.45) is 0 Å². The standard InChI is InChI=1S/C17H20N2O7/c1-24-15(21)7-4-9-18-14(20)11-25-16(22)8-10-19-12-5-2-3-6-13(12)26-17(19)23/h2-3,5-6H,4,7-11H2,1H3,(H,18,20). The lowest BCUT2D eigenvalue weighted by molar-refractivity contribution is -0.148. The fraction of sp³-hybridized carbons (Fsp3) is 0.412. The molecule has 0 unspecified atom stereocenters. The summed E-state index contributed by atoms with van der Waals surface area (Å²) >= 11 is 0. The van der Waals surface area contributed by atoms with E-state index in [1.165, 1.54) is 11.7 Å². The highest BCUT2D eigenvalue weighted by molar-refractivity contribution is 5.80. The number of aryl methyl sites for hydroxylation is 1. The Balaban J connectivity index is 1.70.